The van der Waals surface area contributed by atoms with E-state index in [9.17, 15) is 9.59 Å². The van der Waals surface area contributed by atoms with Gasteiger partial charge in [-0.1, -0.05) is 25.1 Å². The van der Waals surface area contributed by atoms with Gasteiger partial charge >= 0.3 is 0 Å². The van der Waals surface area contributed by atoms with E-state index in [2.05, 4.69) is 15.3 Å². The number of rotatable bonds is 4. The maximum Gasteiger partial charge on any atom is 0.272 e. The number of benzene rings is 1. The van der Waals surface area contributed by atoms with Gasteiger partial charge in [-0.05, 0) is 30.7 Å². The van der Waals surface area contributed by atoms with Crippen molar-refractivity contribution in [2.75, 3.05) is 5.32 Å². The van der Waals surface area contributed by atoms with Gasteiger partial charge in [0, 0.05) is 17.3 Å². The molecular formula is C19H16N4O2S. The third-order valence-electron chi connectivity index (χ3n) is 4.25. The normalized spacial score (nSPS) is 12.3. The molecule has 0 aliphatic carbocycles. The highest BCUT2D eigenvalue weighted by Gasteiger charge is 2.22. The van der Waals surface area contributed by atoms with E-state index in [1.54, 1.807) is 6.20 Å². The Morgan fingerprint density at radius 2 is 2.00 bits per heavy atom. The average molecular weight is 364 g/mol. The van der Waals surface area contributed by atoms with Crippen molar-refractivity contribution in [1.82, 2.24) is 14.5 Å². The highest BCUT2D eigenvalue weighted by atomic mass is 32.1. The van der Waals surface area contributed by atoms with Crippen LogP contribution < -0.4 is 10.9 Å². The van der Waals surface area contributed by atoms with E-state index < -0.39 is 6.04 Å². The molecule has 4 aromatic rings. The molecule has 130 valence electrons. The number of nitrogens with one attached hydrogen (secondary N) is 1. The molecule has 3 heterocycles. The molecule has 1 unspecified atom stereocenters. The second-order valence-corrected chi connectivity index (χ2v) is 6.87. The van der Waals surface area contributed by atoms with E-state index in [1.165, 1.54) is 22.2 Å². The highest BCUT2D eigenvalue weighted by Crippen LogP contribution is 2.28. The summed E-state index contributed by atoms with van der Waals surface area (Å²) in [6.07, 6.45) is 3.63. The number of aromatic nitrogens is 3. The van der Waals surface area contributed by atoms with Crippen molar-refractivity contribution in [2.45, 2.75) is 19.4 Å². The molecule has 26 heavy (non-hydrogen) atoms. The van der Waals surface area contributed by atoms with E-state index in [0.29, 0.717) is 22.3 Å². The first-order chi connectivity index (χ1) is 12.7. The summed E-state index contributed by atoms with van der Waals surface area (Å²) in [5.41, 5.74) is 1.12. The number of pyridine rings is 1. The Morgan fingerprint density at radius 3 is 2.77 bits per heavy atom. The highest BCUT2D eigenvalue weighted by molar-refractivity contribution is 7.25. The van der Waals surface area contributed by atoms with Crippen molar-refractivity contribution in [3.8, 4) is 0 Å². The van der Waals surface area contributed by atoms with E-state index >= 15 is 0 Å². The van der Waals surface area contributed by atoms with Crippen LogP contribution in [0.25, 0.3) is 20.4 Å². The Hall–Kier alpha value is -3.06. The van der Waals surface area contributed by atoms with Crippen molar-refractivity contribution in [3.05, 3.63) is 65.3 Å². The molecule has 1 N–H and O–H groups in total. The molecule has 0 radical (unpaired) electrons. The molecule has 0 fully saturated rings. The lowest BCUT2D eigenvalue weighted by Crippen LogP contribution is -2.33. The zero-order chi connectivity index (χ0) is 18.1. The van der Waals surface area contributed by atoms with Crippen LogP contribution in [-0.2, 0) is 4.79 Å². The van der Waals surface area contributed by atoms with E-state index in [0.717, 1.165) is 10.2 Å². The van der Waals surface area contributed by atoms with Crippen molar-refractivity contribution >= 4 is 43.4 Å². The van der Waals surface area contributed by atoms with E-state index in [1.807, 2.05) is 49.4 Å². The maximum atomic E-state index is 13.0. The first-order valence-corrected chi connectivity index (χ1v) is 9.11. The zero-order valence-electron chi connectivity index (χ0n) is 14.0. The Balaban J connectivity index is 1.76. The molecule has 4 rings (SSSR count). The number of hydrogen-bond donors (Lipinski definition) is 1. The number of fused-ring (bicyclic) bond motifs is 3. The van der Waals surface area contributed by atoms with Gasteiger partial charge in [0.25, 0.3) is 5.56 Å². The summed E-state index contributed by atoms with van der Waals surface area (Å²) in [5.74, 6) is -0.235. The molecule has 1 aromatic carbocycles. The predicted molar refractivity (Wildman–Crippen MR) is 104 cm³/mol. The molecule has 0 bridgehead atoms. The van der Waals surface area contributed by atoms with Crippen molar-refractivity contribution in [2.24, 2.45) is 0 Å². The van der Waals surface area contributed by atoms with Gasteiger partial charge in [-0.25, -0.2) is 9.97 Å². The molecule has 3 aromatic heterocycles. The summed E-state index contributed by atoms with van der Waals surface area (Å²) in [4.78, 5) is 35.2. The Kier molecular flexibility index (Phi) is 4.22. The van der Waals surface area contributed by atoms with Crippen LogP contribution >= 0.6 is 11.3 Å². The summed E-state index contributed by atoms with van der Waals surface area (Å²) < 4.78 is 1.93. The third kappa shape index (κ3) is 2.76. The quantitative estimate of drug-likeness (QED) is 0.600. The standard InChI is InChI=1S/C19H16N4O2S/c1-2-14(17(24)22-12-7-4-3-5-8-12)23-11-21-15-13-9-6-10-20-18(13)26-16(15)19(23)25/h3-11,14H,2H2,1H3,(H,22,24). The average Bonchev–Trinajstić information content (AvgIpc) is 3.04. The molecule has 1 atom stereocenters. The summed E-state index contributed by atoms with van der Waals surface area (Å²) in [5, 5.41) is 3.72. The smallest absolute Gasteiger partial charge is 0.272 e. The fourth-order valence-electron chi connectivity index (χ4n) is 2.96. The third-order valence-corrected chi connectivity index (χ3v) is 5.34. The molecule has 0 saturated heterocycles. The van der Waals surface area contributed by atoms with Gasteiger partial charge < -0.3 is 5.32 Å². The molecule has 0 saturated carbocycles. The fourth-order valence-corrected chi connectivity index (χ4v) is 3.99. The summed E-state index contributed by atoms with van der Waals surface area (Å²) in [6.45, 7) is 1.87. The molecule has 7 heteroatoms. The molecular weight excluding hydrogens is 348 g/mol. The van der Waals surface area contributed by atoms with Crippen LogP contribution in [0, 0.1) is 0 Å². The van der Waals surface area contributed by atoms with Gasteiger partial charge in [0.2, 0.25) is 5.91 Å². The van der Waals surface area contributed by atoms with Crippen LogP contribution in [0.1, 0.15) is 19.4 Å². The second kappa shape index (κ2) is 6.68. The minimum atomic E-state index is -0.627. The van der Waals surface area contributed by atoms with Crippen molar-refractivity contribution in [3.63, 3.8) is 0 Å². The van der Waals surface area contributed by atoms with Gasteiger partial charge in [-0.2, -0.15) is 0 Å². The minimum Gasteiger partial charge on any atom is -0.324 e. The van der Waals surface area contributed by atoms with E-state index in [4.69, 9.17) is 0 Å². The van der Waals surface area contributed by atoms with Crippen LogP contribution in [0.5, 0.6) is 0 Å². The second-order valence-electron chi connectivity index (χ2n) is 5.87. The monoisotopic (exact) mass is 364 g/mol. The van der Waals surface area contributed by atoms with Gasteiger partial charge in [0.1, 0.15) is 15.6 Å². The van der Waals surface area contributed by atoms with Crippen molar-refractivity contribution < 1.29 is 4.79 Å². The lowest BCUT2D eigenvalue weighted by Gasteiger charge is -2.17. The number of carbonyl (C=O) groups is 1. The Bertz CT molecular complexity index is 1150. The van der Waals surface area contributed by atoms with Crippen LogP contribution in [0.15, 0.2) is 59.8 Å². The number of carbonyl (C=O) groups excluding carboxylic acids is 1. The van der Waals surface area contributed by atoms with E-state index in [-0.39, 0.29) is 11.5 Å². The lowest BCUT2D eigenvalue weighted by molar-refractivity contribution is -0.119. The molecule has 0 spiro atoms. The van der Waals surface area contributed by atoms with Crippen LogP contribution in [0.2, 0.25) is 0 Å². The van der Waals surface area contributed by atoms with Gasteiger partial charge in [0.05, 0.1) is 11.8 Å². The topological polar surface area (TPSA) is 76.9 Å². The number of para-hydroxylation sites is 1. The predicted octanol–water partition coefficient (Wildman–Crippen LogP) is 3.60. The lowest BCUT2D eigenvalue weighted by atomic mass is 10.2. The summed E-state index contributed by atoms with van der Waals surface area (Å²) in [6, 6.07) is 12.3. The first-order valence-electron chi connectivity index (χ1n) is 8.29. The fraction of sp³-hybridized carbons (Fsp3) is 0.158. The molecule has 0 aliphatic rings. The molecule has 6 nitrogen and oxygen atoms in total. The van der Waals surface area contributed by atoms with Gasteiger partial charge in [-0.15, -0.1) is 11.3 Å². The van der Waals surface area contributed by atoms with Gasteiger partial charge in [-0.3, -0.25) is 14.2 Å². The zero-order valence-corrected chi connectivity index (χ0v) is 14.9. The summed E-state index contributed by atoms with van der Waals surface area (Å²) >= 11 is 1.31. The SMILES string of the molecule is CCC(C(=O)Nc1ccccc1)n1cnc2c(sc3ncccc32)c1=O. The number of hydrogen-bond acceptors (Lipinski definition) is 5. The van der Waals surface area contributed by atoms with Crippen LogP contribution in [-0.4, -0.2) is 20.4 Å². The Labute approximate surface area is 153 Å². The number of nitrogens with zero attached hydrogens (tertiary/aromatic N) is 3. The van der Waals surface area contributed by atoms with Crippen molar-refractivity contribution in [1.29, 1.82) is 0 Å². The maximum absolute atomic E-state index is 13.0. The Morgan fingerprint density at radius 1 is 1.19 bits per heavy atom. The number of anilines is 1. The first kappa shape index (κ1) is 16.4. The van der Waals surface area contributed by atoms with Gasteiger partial charge in [0.15, 0.2) is 0 Å². The van der Waals surface area contributed by atoms with Crippen LogP contribution in [0.3, 0.4) is 0 Å². The molecule has 1 amide bonds. The largest absolute Gasteiger partial charge is 0.324 e. The number of amides is 1. The molecule has 0 aliphatic heterocycles. The van der Waals surface area contributed by atoms with Crippen LogP contribution in [0.4, 0.5) is 5.69 Å². The number of thiophene rings is 1. The minimum absolute atomic E-state index is 0.215. The summed E-state index contributed by atoms with van der Waals surface area (Å²) in [7, 11) is 0.